The molecule has 0 spiro atoms. The van der Waals surface area contributed by atoms with Gasteiger partial charge in [-0.15, -0.1) is 5.10 Å². The lowest BCUT2D eigenvalue weighted by Crippen LogP contribution is -2.50. The third-order valence-electron chi connectivity index (χ3n) is 4.85. The van der Waals surface area contributed by atoms with E-state index in [0.29, 0.717) is 26.1 Å². The van der Waals surface area contributed by atoms with Crippen LogP contribution in [0, 0.1) is 0 Å². The number of hydrogen-bond donors (Lipinski definition) is 0. The molecule has 0 N–H and O–H groups in total. The van der Waals surface area contributed by atoms with E-state index in [-0.39, 0.29) is 17.9 Å². The number of amides is 2. The molecule has 3 heterocycles. The summed E-state index contributed by atoms with van der Waals surface area (Å²) in [5.74, 6) is 0.193. The summed E-state index contributed by atoms with van der Waals surface area (Å²) in [6.45, 7) is 2.58. The van der Waals surface area contributed by atoms with Gasteiger partial charge in [-0.3, -0.25) is 9.59 Å². The number of carbonyl (C=O) groups is 2. The maximum Gasteiger partial charge on any atom is 0.246 e. The van der Waals surface area contributed by atoms with Crippen LogP contribution in [0.1, 0.15) is 30.1 Å². The minimum atomic E-state index is 0.00750. The molecular formula is C19H21N5O2. The SMILES string of the molecule is O=C(/C=C/c1ccccc1)N1CC(n2cc(CN3CCCC3=O)nn2)C1. The summed E-state index contributed by atoms with van der Waals surface area (Å²) in [7, 11) is 0. The van der Waals surface area contributed by atoms with E-state index < -0.39 is 0 Å². The molecule has 0 atom stereocenters. The standard InChI is InChI=1S/C19H21N5O2/c25-18-7-4-10-22(18)11-16-12-24(21-20-16)17-13-23(14-17)19(26)9-8-15-5-2-1-3-6-15/h1-3,5-6,8-9,12,17H,4,7,10-11,13-14H2/b9-8+. The van der Waals surface area contributed by atoms with Crippen molar-refractivity contribution in [3.05, 3.63) is 53.9 Å². The second-order valence-corrected chi connectivity index (χ2v) is 6.75. The van der Waals surface area contributed by atoms with Crippen LogP contribution in [0.3, 0.4) is 0 Å². The Bertz CT molecular complexity index is 823. The molecule has 2 aliphatic rings. The highest BCUT2D eigenvalue weighted by Crippen LogP contribution is 2.21. The average molecular weight is 351 g/mol. The van der Waals surface area contributed by atoms with Crippen LogP contribution in [0.4, 0.5) is 0 Å². The van der Waals surface area contributed by atoms with Gasteiger partial charge >= 0.3 is 0 Å². The first-order chi connectivity index (χ1) is 12.7. The van der Waals surface area contributed by atoms with Gasteiger partial charge in [0, 0.05) is 32.1 Å². The van der Waals surface area contributed by atoms with Crippen molar-refractivity contribution < 1.29 is 9.59 Å². The summed E-state index contributed by atoms with van der Waals surface area (Å²) in [6.07, 6.45) is 6.87. The number of nitrogens with zero attached hydrogens (tertiary/aromatic N) is 5. The number of likely N-dealkylation sites (tertiary alicyclic amines) is 2. The molecule has 2 aliphatic heterocycles. The summed E-state index contributed by atoms with van der Waals surface area (Å²) >= 11 is 0. The van der Waals surface area contributed by atoms with Crippen LogP contribution < -0.4 is 0 Å². The lowest BCUT2D eigenvalue weighted by molar-refractivity contribution is -0.131. The maximum absolute atomic E-state index is 12.2. The summed E-state index contributed by atoms with van der Waals surface area (Å²) in [5.41, 5.74) is 1.81. The third kappa shape index (κ3) is 3.51. The summed E-state index contributed by atoms with van der Waals surface area (Å²) in [4.78, 5) is 27.5. The molecule has 1 aromatic carbocycles. The highest BCUT2D eigenvalue weighted by molar-refractivity contribution is 5.92. The smallest absolute Gasteiger partial charge is 0.246 e. The Hall–Kier alpha value is -2.96. The van der Waals surface area contributed by atoms with Crippen molar-refractivity contribution in [1.29, 1.82) is 0 Å². The van der Waals surface area contributed by atoms with Crippen molar-refractivity contribution in [3.63, 3.8) is 0 Å². The second kappa shape index (κ2) is 7.11. The Labute approximate surface area is 151 Å². The van der Waals surface area contributed by atoms with Gasteiger partial charge in [-0.25, -0.2) is 4.68 Å². The number of carbonyl (C=O) groups excluding carboxylic acids is 2. The number of rotatable bonds is 5. The zero-order valence-electron chi connectivity index (χ0n) is 14.5. The van der Waals surface area contributed by atoms with Crippen molar-refractivity contribution in [2.45, 2.75) is 25.4 Å². The van der Waals surface area contributed by atoms with Crippen LogP contribution in [0.15, 0.2) is 42.6 Å². The summed E-state index contributed by atoms with van der Waals surface area (Å²) in [5, 5.41) is 8.33. The molecule has 7 nitrogen and oxygen atoms in total. The molecule has 7 heteroatoms. The lowest BCUT2D eigenvalue weighted by Gasteiger charge is -2.38. The summed E-state index contributed by atoms with van der Waals surface area (Å²) < 4.78 is 1.81. The van der Waals surface area contributed by atoms with Gasteiger partial charge in [0.25, 0.3) is 0 Å². The molecule has 2 amide bonds. The second-order valence-electron chi connectivity index (χ2n) is 6.75. The van der Waals surface area contributed by atoms with Crippen molar-refractivity contribution in [2.75, 3.05) is 19.6 Å². The van der Waals surface area contributed by atoms with Gasteiger partial charge in [0.1, 0.15) is 5.69 Å². The van der Waals surface area contributed by atoms with Gasteiger partial charge in [0.05, 0.1) is 18.8 Å². The lowest BCUT2D eigenvalue weighted by atomic mass is 10.1. The van der Waals surface area contributed by atoms with E-state index in [9.17, 15) is 9.59 Å². The van der Waals surface area contributed by atoms with Gasteiger partial charge in [-0.1, -0.05) is 35.5 Å². The topological polar surface area (TPSA) is 71.3 Å². The van der Waals surface area contributed by atoms with Crippen LogP contribution in [0.2, 0.25) is 0 Å². The van der Waals surface area contributed by atoms with E-state index >= 15 is 0 Å². The molecule has 0 radical (unpaired) electrons. The van der Waals surface area contributed by atoms with Crippen molar-refractivity contribution in [3.8, 4) is 0 Å². The predicted octanol–water partition coefficient (Wildman–Crippen LogP) is 1.50. The minimum Gasteiger partial charge on any atom is -0.337 e. The zero-order chi connectivity index (χ0) is 17.9. The molecule has 2 aromatic rings. The molecule has 0 saturated carbocycles. The van der Waals surface area contributed by atoms with E-state index in [1.807, 2.05) is 47.5 Å². The molecule has 2 saturated heterocycles. The van der Waals surface area contributed by atoms with Crippen molar-refractivity contribution in [2.24, 2.45) is 0 Å². The van der Waals surface area contributed by atoms with Gasteiger partial charge in [0.15, 0.2) is 0 Å². The Balaban J connectivity index is 1.29. The van der Waals surface area contributed by atoms with Crippen LogP contribution >= 0.6 is 0 Å². The first-order valence-corrected chi connectivity index (χ1v) is 8.89. The first kappa shape index (κ1) is 16.5. The fourth-order valence-corrected chi connectivity index (χ4v) is 3.27. The van der Waals surface area contributed by atoms with E-state index in [1.54, 1.807) is 15.7 Å². The number of hydrogen-bond acceptors (Lipinski definition) is 4. The quantitative estimate of drug-likeness (QED) is 0.766. The average Bonchev–Trinajstić information content (AvgIpc) is 3.23. The molecule has 0 bridgehead atoms. The predicted molar refractivity (Wildman–Crippen MR) is 95.8 cm³/mol. The first-order valence-electron chi connectivity index (χ1n) is 8.89. The van der Waals surface area contributed by atoms with E-state index in [0.717, 1.165) is 24.2 Å². The van der Waals surface area contributed by atoms with Gasteiger partial charge in [0.2, 0.25) is 11.8 Å². The molecule has 0 unspecified atom stereocenters. The molecule has 134 valence electrons. The molecular weight excluding hydrogens is 330 g/mol. The minimum absolute atomic E-state index is 0.00750. The highest BCUT2D eigenvalue weighted by Gasteiger charge is 2.32. The Kier molecular flexibility index (Phi) is 4.51. The molecule has 0 aliphatic carbocycles. The van der Waals surface area contributed by atoms with Gasteiger partial charge < -0.3 is 9.80 Å². The van der Waals surface area contributed by atoms with Crippen LogP contribution in [0.5, 0.6) is 0 Å². The monoisotopic (exact) mass is 351 g/mol. The van der Waals surface area contributed by atoms with Crippen LogP contribution in [-0.2, 0) is 16.1 Å². The fourth-order valence-electron chi connectivity index (χ4n) is 3.27. The zero-order valence-corrected chi connectivity index (χ0v) is 14.5. The largest absolute Gasteiger partial charge is 0.337 e. The Morgan fingerprint density at radius 3 is 2.77 bits per heavy atom. The number of aromatic nitrogens is 3. The van der Waals surface area contributed by atoms with Crippen molar-refractivity contribution >= 4 is 17.9 Å². The number of benzene rings is 1. The summed E-state index contributed by atoms with van der Waals surface area (Å²) in [6, 6.07) is 9.92. The Morgan fingerprint density at radius 1 is 1.23 bits per heavy atom. The van der Waals surface area contributed by atoms with Crippen LogP contribution in [0.25, 0.3) is 6.08 Å². The van der Waals surface area contributed by atoms with Crippen LogP contribution in [-0.4, -0.2) is 56.2 Å². The van der Waals surface area contributed by atoms with E-state index in [2.05, 4.69) is 10.3 Å². The molecule has 26 heavy (non-hydrogen) atoms. The van der Waals surface area contributed by atoms with Gasteiger partial charge in [-0.05, 0) is 18.1 Å². The van der Waals surface area contributed by atoms with E-state index in [1.165, 1.54) is 0 Å². The third-order valence-corrected chi connectivity index (χ3v) is 4.85. The van der Waals surface area contributed by atoms with Crippen molar-refractivity contribution in [1.82, 2.24) is 24.8 Å². The maximum atomic E-state index is 12.2. The molecule has 4 rings (SSSR count). The van der Waals surface area contributed by atoms with E-state index in [4.69, 9.17) is 0 Å². The molecule has 1 aromatic heterocycles. The highest BCUT2D eigenvalue weighted by atomic mass is 16.2. The normalized spacial score (nSPS) is 17.9. The van der Waals surface area contributed by atoms with Gasteiger partial charge in [-0.2, -0.15) is 0 Å². The Morgan fingerprint density at radius 2 is 2.04 bits per heavy atom. The molecule has 2 fully saturated rings. The fraction of sp³-hybridized carbons (Fsp3) is 0.368.